The molecule has 0 fully saturated rings. The number of rotatable bonds is 9. The zero-order chi connectivity index (χ0) is 23.9. The molecule has 7 nitrogen and oxygen atoms in total. The van der Waals surface area contributed by atoms with Crippen molar-refractivity contribution in [3.8, 4) is 17.2 Å². The zero-order valence-corrected chi connectivity index (χ0v) is 19.6. The van der Waals surface area contributed by atoms with Crippen LogP contribution in [0.4, 0.5) is 10.1 Å². The highest BCUT2D eigenvalue weighted by molar-refractivity contribution is 7.99. The van der Waals surface area contributed by atoms with Crippen LogP contribution in [0.25, 0.3) is 5.69 Å². The summed E-state index contributed by atoms with van der Waals surface area (Å²) in [6.45, 7) is 0.0446. The van der Waals surface area contributed by atoms with Crippen molar-refractivity contribution in [3.63, 3.8) is 0 Å². The lowest BCUT2D eigenvalue weighted by Crippen LogP contribution is -2.15. The second kappa shape index (κ2) is 11.0. The lowest BCUT2D eigenvalue weighted by molar-refractivity contribution is -0.113. The van der Waals surface area contributed by atoms with Crippen LogP contribution in [0.15, 0.2) is 78.0 Å². The number of nitrogens with one attached hydrogen (secondary N) is 1. The molecule has 34 heavy (non-hydrogen) atoms. The zero-order valence-electron chi connectivity index (χ0n) is 18.1. The fourth-order valence-electron chi connectivity index (χ4n) is 3.08. The maximum Gasteiger partial charge on any atom is 0.234 e. The predicted molar refractivity (Wildman–Crippen MR) is 129 cm³/mol. The molecule has 1 heterocycles. The lowest BCUT2D eigenvalue weighted by Gasteiger charge is -2.12. The van der Waals surface area contributed by atoms with Crippen LogP contribution in [0.3, 0.4) is 0 Å². The number of nitrogens with zero attached hydrogens (tertiary/aromatic N) is 3. The summed E-state index contributed by atoms with van der Waals surface area (Å²) >= 11 is 7.10. The van der Waals surface area contributed by atoms with Crippen LogP contribution in [0.2, 0.25) is 5.02 Å². The molecule has 0 aliphatic rings. The lowest BCUT2D eigenvalue weighted by atomic mass is 10.3. The van der Waals surface area contributed by atoms with Gasteiger partial charge in [-0.05, 0) is 54.6 Å². The molecule has 1 aromatic heterocycles. The molecule has 0 saturated heterocycles. The molecule has 0 unspecified atom stereocenters. The molecular formula is C24H20ClFN4O3S. The van der Waals surface area contributed by atoms with Crippen molar-refractivity contribution < 1.29 is 18.7 Å². The van der Waals surface area contributed by atoms with Crippen molar-refractivity contribution in [3.05, 3.63) is 89.5 Å². The smallest absolute Gasteiger partial charge is 0.234 e. The van der Waals surface area contributed by atoms with Gasteiger partial charge in [0.25, 0.3) is 0 Å². The first-order valence-electron chi connectivity index (χ1n) is 10.2. The first-order chi connectivity index (χ1) is 16.5. The Hall–Kier alpha value is -3.56. The molecule has 10 heteroatoms. The SMILES string of the molecule is COc1ccc(OCc2nnc(SCC(=O)Nc3cccc(Cl)c3)n2-c2ccccc2F)cc1. The highest BCUT2D eigenvalue weighted by Crippen LogP contribution is 2.26. The van der Waals surface area contributed by atoms with Crippen LogP contribution < -0.4 is 14.8 Å². The van der Waals surface area contributed by atoms with Gasteiger partial charge in [-0.2, -0.15) is 0 Å². The monoisotopic (exact) mass is 498 g/mol. The third-order valence-electron chi connectivity index (χ3n) is 4.66. The highest BCUT2D eigenvalue weighted by Gasteiger charge is 2.19. The van der Waals surface area contributed by atoms with Crippen molar-refractivity contribution in [2.45, 2.75) is 11.8 Å². The minimum atomic E-state index is -0.446. The number of benzene rings is 3. The van der Waals surface area contributed by atoms with Gasteiger partial charge < -0.3 is 14.8 Å². The topological polar surface area (TPSA) is 78.3 Å². The van der Waals surface area contributed by atoms with Crippen molar-refractivity contribution in [1.82, 2.24) is 14.8 Å². The molecule has 0 saturated carbocycles. The molecule has 0 spiro atoms. The molecule has 174 valence electrons. The first-order valence-corrected chi connectivity index (χ1v) is 11.5. The number of amides is 1. The molecule has 1 N–H and O–H groups in total. The fourth-order valence-corrected chi connectivity index (χ4v) is 4.03. The van der Waals surface area contributed by atoms with E-state index in [4.69, 9.17) is 21.1 Å². The number of carbonyl (C=O) groups excluding carboxylic acids is 1. The number of aromatic nitrogens is 3. The van der Waals surface area contributed by atoms with Crippen LogP contribution in [-0.2, 0) is 11.4 Å². The number of thioether (sulfide) groups is 1. The number of halogens is 2. The van der Waals surface area contributed by atoms with E-state index in [0.29, 0.717) is 33.2 Å². The number of methoxy groups -OCH3 is 1. The Morgan fingerprint density at radius 2 is 1.82 bits per heavy atom. The van der Waals surface area contributed by atoms with Crippen LogP contribution in [-0.4, -0.2) is 33.5 Å². The van der Waals surface area contributed by atoms with Gasteiger partial charge in [-0.25, -0.2) is 4.39 Å². The molecule has 0 aliphatic carbocycles. The maximum atomic E-state index is 14.7. The van der Waals surface area contributed by atoms with E-state index in [1.807, 2.05) is 0 Å². The number of carbonyl (C=O) groups is 1. The molecule has 0 bridgehead atoms. The van der Waals surface area contributed by atoms with Crippen molar-refractivity contribution >= 4 is 35.0 Å². The summed E-state index contributed by atoms with van der Waals surface area (Å²) in [4.78, 5) is 12.4. The van der Waals surface area contributed by atoms with E-state index in [1.165, 1.54) is 6.07 Å². The summed E-state index contributed by atoms with van der Waals surface area (Å²) in [7, 11) is 1.58. The average molecular weight is 499 g/mol. The molecule has 0 aliphatic heterocycles. The number of hydrogen-bond donors (Lipinski definition) is 1. The van der Waals surface area contributed by atoms with Gasteiger partial charge >= 0.3 is 0 Å². The Morgan fingerprint density at radius 3 is 2.56 bits per heavy atom. The number of hydrogen-bond acceptors (Lipinski definition) is 6. The van der Waals surface area contributed by atoms with E-state index in [9.17, 15) is 9.18 Å². The largest absolute Gasteiger partial charge is 0.497 e. The van der Waals surface area contributed by atoms with Crippen molar-refractivity contribution in [1.29, 1.82) is 0 Å². The molecule has 0 atom stereocenters. The summed E-state index contributed by atoms with van der Waals surface area (Å²) in [5, 5.41) is 12.0. The normalized spacial score (nSPS) is 10.7. The quantitative estimate of drug-likeness (QED) is 0.312. The van der Waals surface area contributed by atoms with Gasteiger partial charge in [-0.15, -0.1) is 10.2 Å². The Labute approximate surface area is 204 Å². The molecule has 4 rings (SSSR count). The van der Waals surface area contributed by atoms with E-state index >= 15 is 0 Å². The van der Waals surface area contributed by atoms with Crippen molar-refractivity contribution in [2.75, 3.05) is 18.2 Å². The third kappa shape index (κ3) is 5.86. The van der Waals surface area contributed by atoms with Crippen LogP contribution in [0.5, 0.6) is 11.5 Å². The molecule has 3 aromatic carbocycles. The van der Waals surface area contributed by atoms with Crippen LogP contribution in [0.1, 0.15) is 5.82 Å². The van der Waals surface area contributed by atoms with Gasteiger partial charge in [-0.3, -0.25) is 9.36 Å². The summed E-state index contributed by atoms with van der Waals surface area (Å²) < 4.78 is 27.2. The Morgan fingerprint density at radius 1 is 1.06 bits per heavy atom. The number of ether oxygens (including phenoxy) is 2. The Kier molecular flexibility index (Phi) is 7.66. The summed E-state index contributed by atoms with van der Waals surface area (Å²) in [5.74, 6) is 1.03. The van der Waals surface area contributed by atoms with E-state index in [0.717, 1.165) is 11.8 Å². The Bertz CT molecular complexity index is 1280. The molecular weight excluding hydrogens is 479 g/mol. The standard InChI is InChI=1S/C24H20ClFN4O3S/c1-32-18-9-11-19(12-10-18)33-14-22-28-29-24(30(22)21-8-3-2-7-20(21)26)34-15-23(31)27-17-6-4-5-16(25)13-17/h2-13H,14-15H2,1H3,(H,27,31). The van der Waals surface area contributed by atoms with Gasteiger partial charge in [-0.1, -0.05) is 41.6 Å². The molecule has 4 aromatic rings. The second-order valence-electron chi connectivity index (χ2n) is 7.00. The van der Waals surface area contributed by atoms with Gasteiger partial charge in [0.2, 0.25) is 5.91 Å². The fraction of sp³-hybridized carbons (Fsp3) is 0.125. The van der Waals surface area contributed by atoms with E-state index in [2.05, 4.69) is 15.5 Å². The van der Waals surface area contributed by atoms with E-state index < -0.39 is 5.82 Å². The Balaban J connectivity index is 1.51. The van der Waals surface area contributed by atoms with E-state index in [1.54, 1.807) is 78.4 Å². The number of anilines is 1. The van der Waals surface area contributed by atoms with Gasteiger partial charge in [0.15, 0.2) is 11.0 Å². The maximum absolute atomic E-state index is 14.7. The van der Waals surface area contributed by atoms with Crippen LogP contribution >= 0.6 is 23.4 Å². The third-order valence-corrected chi connectivity index (χ3v) is 5.83. The van der Waals surface area contributed by atoms with Crippen LogP contribution in [0, 0.1) is 5.82 Å². The minimum Gasteiger partial charge on any atom is -0.497 e. The second-order valence-corrected chi connectivity index (χ2v) is 8.38. The molecule has 1 amide bonds. The highest BCUT2D eigenvalue weighted by atomic mass is 35.5. The van der Waals surface area contributed by atoms with Gasteiger partial charge in [0.05, 0.1) is 18.6 Å². The van der Waals surface area contributed by atoms with Crippen molar-refractivity contribution in [2.24, 2.45) is 0 Å². The predicted octanol–water partition coefficient (Wildman–Crippen LogP) is 5.38. The minimum absolute atomic E-state index is 0.0401. The van der Waals surface area contributed by atoms with Gasteiger partial charge in [0, 0.05) is 10.7 Å². The summed E-state index contributed by atoms with van der Waals surface area (Å²) in [6.07, 6.45) is 0. The van der Waals surface area contributed by atoms with E-state index in [-0.39, 0.29) is 24.0 Å². The average Bonchev–Trinajstić information content (AvgIpc) is 3.24. The molecule has 0 radical (unpaired) electrons. The van der Waals surface area contributed by atoms with Gasteiger partial charge in [0.1, 0.15) is 23.9 Å². The first kappa shape index (κ1) is 23.6. The summed E-state index contributed by atoms with van der Waals surface area (Å²) in [5.41, 5.74) is 0.848. The number of para-hydroxylation sites is 1. The summed E-state index contributed by atoms with van der Waals surface area (Å²) in [6, 6.07) is 20.2.